The van der Waals surface area contributed by atoms with Gasteiger partial charge in [-0.25, -0.2) is 4.79 Å². The van der Waals surface area contributed by atoms with E-state index in [9.17, 15) is 25.0 Å². The Hall–Kier alpha value is -1.36. The van der Waals surface area contributed by atoms with Gasteiger partial charge in [-0.2, -0.15) is 0 Å². The van der Waals surface area contributed by atoms with Crippen LogP contribution in [0.1, 0.15) is 64.7 Å². The second-order valence-electron chi connectivity index (χ2n) is 10.9. The van der Waals surface area contributed by atoms with Crippen LogP contribution in [0.5, 0.6) is 0 Å². The fourth-order valence-electron chi connectivity index (χ4n) is 8.53. The van der Waals surface area contributed by atoms with Gasteiger partial charge >= 0.3 is 5.97 Å². The molecule has 1 aliphatic heterocycles. The smallest absolute Gasteiger partial charge is 0.331 e. The number of ether oxygens (including phenoxy) is 1. The summed E-state index contributed by atoms with van der Waals surface area (Å²) in [7, 11) is 0. The first-order valence-electron chi connectivity index (χ1n) is 11.7. The number of hydrogen-bond acceptors (Lipinski definition) is 9. The molecular formula is C23H32NO8-. The molecule has 8 unspecified atom stereocenters. The Morgan fingerprint density at radius 3 is 2.56 bits per heavy atom. The average molecular weight is 451 g/mol. The zero-order valence-electron chi connectivity index (χ0n) is 18.4. The van der Waals surface area contributed by atoms with Gasteiger partial charge in [-0.1, -0.05) is 6.92 Å². The molecule has 8 atom stereocenters. The second kappa shape index (κ2) is 7.32. The van der Waals surface area contributed by atoms with Crippen LogP contribution in [-0.2, 0) is 19.2 Å². The van der Waals surface area contributed by atoms with Crippen LogP contribution in [-0.4, -0.2) is 57.0 Å². The topological polar surface area (TPSA) is 140 Å². The van der Waals surface area contributed by atoms with Crippen molar-refractivity contribution < 1.29 is 34.6 Å². The van der Waals surface area contributed by atoms with E-state index in [-0.39, 0.29) is 36.8 Å². The Balaban J connectivity index is 1.46. The van der Waals surface area contributed by atoms with E-state index >= 15 is 0 Å². The normalized spacial score (nSPS) is 50.3. The SMILES string of the molecule is CC12CCC3C(CCC4(O)CC(ON([O-])O)CCC34C=O)C1(O)CCC2C1=CC(=O)OC1. The second-order valence-corrected chi connectivity index (χ2v) is 10.9. The molecule has 178 valence electrons. The van der Waals surface area contributed by atoms with Crippen molar-refractivity contribution in [3.05, 3.63) is 16.9 Å². The predicted molar refractivity (Wildman–Crippen MR) is 109 cm³/mol. The van der Waals surface area contributed by atoms with Crippen molar-refractivity contribution in [2.75, 3.05) is 6.61 Å². The van der Waals surface area contributed by atoms with Gasteiger partial charge in [0.15, 0.2) is 0 Å². The molecule has 4 aliphatic carbocycles. The zero-order valence-corrected chi connectivity index (χ0v) is 18.4. The van der Waals surface area contributed by atoms with Gasteiger partial charge in [0.25, 0.3) is 0 Å². The minimum atomic E-state index is -1.34. The maximum atomic E-state index is 12.6. The van der Waals surface area contributed by atoms with Gasteiger partial charge in [0.05, 0.1) is 22.7 Å². The molecule has 3 N–H and O–H groups in total. The van der Waals surface area contributed by atoms with E-state index in [4.69, 9.17) is 14.8 Å². The Morgan fingerprint density at radius 2 is 1.91 bits per heavy atom. The fraction of sp³-hybridized carbons (Fsp3) is 0.826. The van der Waals surface area contributed by atoms with Crippen LogP contribution in [0.25, 0.3) is 0 Å². The molecule has 0 amide bonds. The Morgan fingerprint density at radius 1 is 1.16 bits per heavy atom. The number of hydrogen-bond donors (Lipinski definition) is 3. The maximum Gasteiger partial charge on any atom is 0.331 e. The van der Waals surface area contributed by atoms with E-state index in [2.05, 4.69) is 6.92 Å². The predicted octanol–water partition coefficient (Wildman–Crippen LogP) is 2.03. The molecular weight excluding hydrogens is 418 g/mol. The number of fused-ring (bicyclic) bond motifs is 5. The van der Waals surface area contributed by atoms with Crippen molar-refractivity contribution in [3.8, 4) is 0 Å². The van der Waals surface area contributed by atoms with Crippen LogP contribution < -0.4 is 0 Å². The monoisotopic (exact) mass is 450 g/mol. The molecule has 32 heavy (non-hydrogen) atoms. The molecule has 0 saturated heterocycles. The number of esters is 1. The summed E-state index contributed by atoms with van der Waals surface area (Å²) in [6.45, 7) is 2.39. The Kier molecular flexibility index (Phi) is 5.13. The first-order chi connectivity index (χ1) is 15.1. The van der Waals surface area contributed by atoms with E-state index in [0.29, 0.717) is 44.9 Å². The number of carbonyl (C=O) groups is 2. The van der Waals surface area contributed by atoms with Crippen LogP contribution >= 0.6 is 0 Å². The largest absolute Gasteiger partial charge is 0.738 e. The third-order valence-electron chi connectivity index (χ3n) is 10.1. The molecule has 0 spiro atoms. The third-order valence-corrected chi connectivity index (χ3v) is 10.1. The Bertz CT molecular complexity index is 846. The summed E-state index contributed by atoms with van der Waals surface area (Å²) in [5.41, 5.74) is -2.82. The summed E-state index contributed by atoms with van der Waals surface area (Å²) in [4.78, 5) is 29.2. The summed E-state index contributed by atoms with van der Waals surface area (Å²) in [5, 5.41) is 43.1. The fourth-order valence-corrected chi connectivity index (χ4v) is 8.53. The van der Waals surface area contributed by atoms with E-state index in [0.717, 1.165) is 18.3 Å². The average Bonchev–Trinajstić information content (AvgIpc) is 3.27. The lowest BCUT2D eigenvalue weighted by Crippen LogP contribution is -2.69. The van der Waals surface area contributed by atoms with Gasteiger partial charge in [0.2, 0.25) is 0 Å². The van der Waals surface area contributed by atoms with Crippen molar-refractivity contribution in [1.29, 1.82) is 0 Å². The van der Waals surface area contributed by atoms with Gasteiger partial charge < -0.3 is 30.2 Å². The van der Waals surface area contributed by atoms with Crippen LogP contribution in [0.2, 0.25) is 0 Å². The molecule has 9 nitrogen and oxygen atoms in total. The van der Waals surface area contributed by atoms with Crippen molar-refractivity contribution in [2.24, 2.45) is 28.6 Å². The molecule has 1 heterocycles. The molecule has 5 rings (SSSR count). The summed E-state index contributed by atoms with van der Waals surface area (Å²) < 4.78 is 5.15. The lowest BCUT2D eigenvalue weighted by molar-refractivity contribution is -0.346. The molecule has 0 aromatic heterocycles. The number of nitrogens with zero attached hydrogens (tertiary/aromatic N) is 1. The van der Waals surface area contributed by atoms with E-state index in [1.54, 1.807) is 6.08 Å². The first kappa shape index (κ1) is 22.4. The first-order valence-corrected chi connectivity index (χ1v) is 11.7. The molecule has 0 radical (unpaired) electrons. The quantitative estimate of drug-likeness (QED) is 0.333. The number of aldehydes is 1. The lowest BCUT2D eigenvalue weighted by atomic mass is 9.41. The molecule has 4 fully saturated rings. The third kappa shape index (κ3) is 2.85. The molecule has 9 heteroatoms. The summed E-state index contributed by atoms with van der Waals surface area (Å²) in [6, 6.07) is 0. The van der Waals surface area contributed by atoms with Crippen molar-refractivity contribution in [1.82, 2.24) is 5.39 Å². The minimum absolute atomic E-state index is 0.0598. The highest BCUT2D eigenvalue weighted by Gasteiger charge is 2.71. The minimum Gasteiger partial charge on any atom is -0.738 e. The molecule has 0 aromatic rings. The van der Waals surface area contributed by atoms with Gasteiger partial charge in [0, 0.05) is 17.9 Å². The van der Waals surface area contributed by atoms with E-state index < -0.39 is 33.5 Å². The van der Waals surface area contributed by atoms with Crippen LogP contribution in [0.4, 0.5) is 0 Å². The summed E-state index contributed by atoms with van der Waals surface area (Å²) in [6.07, 6.45) is 6.25. The lowest BCUT2D eigenvalue weighted by Gasteiger charge is -2.65. The van der Waals surface area contributed by atoms with Crippen LogP contribution in [0, 0.1) is 33.8 Å². The molecule has 0 bridgehead atoms. The number of rotatable bonds is 4. The Labute approximate surface area is 186 Å². The number of cyclic esters (lactones) is 1. The highest BCUT2D eigenvalue weighted by atomic mass is 17.1. The van der Waals surface area contributed by atoms with Crippen molar-refractivity contribution in [2.45, 2.75) is 82.0 Å². The van der Waals surface area contributed by atoms with Crippen molar-refractivity contribution in [3.63, 3.8) is 0 Å². The summed E-state index contributed by atoms with van der Waals surface area (Å²) in [5.74, 6) is -0.579. The van der Waals surface area contributed by atoms with Gasteiger partial charge in [0.1, 0.15) is 12.9 Å². The van der Waals surface area contributed by atoms with E-state index in [1.165, 1.54) is 0 Å². The number of carbonyl (C=O) groups excluding carboxylic acids is 2. The summed E-state index contributed by atoms with van der Waals surface area (Å²) >= 11 is 0. The van der Waals surface area contributed by atoms with Crippen LogP contribution in [0.15, 0.2) is 11.6 Å². The van der Waals surface area contributed by atoms with Gasteiger partial charge in [-0.15, -0.1) is 5.39 Å². The van der Waals surface area contributed by atoms with Crippen LogP contribution in [0.3, 0.4) is 0 Å². The van der Waals surface area contributed by atoms with Gasteiger partial charge in [-0.3, -0.25) is 4.84 Å². The number of aliphatic hydroxyl groups is 2. The highest BCUT2D eigenvalue weighted by molar-refractivity contribution is 5.85. The zero-order chi connectivity index (χ0) is 22.9. The molecule has 5 aliphatic rings. The standard InChI is InChI=1S/C23H32NO8/c1-20-6-3-17-18(23(20,28)9-5-16(20)14-10-19(26)31-12-14)4-8-22(27)11-15(32-24(29)30)2-7-21(17,22)13-25/h10,13,15-18,27-29H,2-9,11-12H2,1H3/q-1. The highest BCUT2D eigenvalue weighted by Crippen LogP contribution is 2.70. The maximum absolute atomic E-state index is 12.6. The molecule has 4 saturated carbocycles. The van der Waals surface area contributed by atoms with E-state index in [1.807, 2.05) is 0 Å². The van der Waals surface area contributed by atoms with Crippen molar-refractivity contribution >= 4 is 12.3 Å². The van der Waals surface area contributed by atoms with Gasteiger partial charge in [-0.05, 0) is 74.7 Å². The molecule has 0 aromatic carbocycles.